The number of rotatable bonds is 76. The maximum Gasteiger partial charge on any atom is 0.338 e. The van der Waals surface area contributed by atoms with E-state index in [1.54, 1.807) is 12.5 Å². The number of imidazole rings is 1. The Morgan fingerprint density at radius 1 is 0.255 bits per heavy atom. The van der Waals surface area contributed by atoms with Gasteiger partial charge in [0, 0.05) is 18.9 Å². The van der Waals surface area contributed by atoms with E-state index in [1.165, 1.54) is 5.39 Å². The minimum Gasteiger partial charge on any atom is -0.460 e. The summed E-state index contributed by atoms with van der Waals surface area (Å²) in [6, 6.07) is 18.3. The Hall–Kier alpha value is -4.36. The van der Waals surface area contributed by atoms with Gasteiger partial charge in [0.2, 0.25) is 0 Å². The molecule has 1 heterocycles. The number of hydrogen-bond donors (Lipinski definition) is 0. The largest absolute Gasteiger partial charge is 0.460 e. The van der Waals surface area contributed by atoms with Crippen LogP contribution in [0.25, 0.3) is 32.3 Å². The number of carbonyl (C=O) groups excluding carboxylic acids is 1. The summed E-state index contributed by atoms with van der Waals surface area (Å²) in [4.78, 5) is 17.0. The molecule has 28 heteroatoms. The minimum absolute atomic E-state index is 0.158. The predicted molar refractivity (Wildman–Crippen MR) is 362 cm³/mol. The summed E-state index contributed by atoms with van der Waals surface area (Å²) < 4.78 is 140. The lowest BCUT2D eigenvalue weighted by Crippen LogP contribution is -2.16. The summed E-state index contributed by atoms with van der Waals surface area (Å²) in [7, 11) is 0. The fraction of sp³-hybridized carbons (Fsp3) is 0.714. The van der Waals surface area contributed by atoms with Crippen LogP contribution in [0.1, 0.15) is 10.4 Å². The SMILES string of the molecule is O=C(OCCOCCOCCOCCOCCOCCOCCOCCOCCOCCOCCOCCOCCOCCOCCOCCOCCOCCOCCOCCOCCOCCOCCOCCOCCn1ccnc1)c1ccc2ccc3cccc4ccc1c2c34. The van der Waals surface area contributed by atoms with Crippen LogP contribution in [0.2, 0.25) is 0 Å². The maximum absolute atomic E-state index is 13.0. The number of esters is 1. The zero-order valence-corrected chi connectivity index (χ0v) is 57.8. The van der Waals surface area contributed by atoms with E-state index in [2.05, 4.69) is 35.3 Å². The highest BCUT2D eigenvalue weighted by atomic mass is 16.6. The van der Waals surface area contributed by atoms with Crippen LogP contribution in [0.4, 0.5) is 0 Å². The highest BCUT2D eigenvalue weighted by Crippen LogP contribution is 2.36. The lowest BCUT2D eigenvalue weighted by atomic mass is 9.92. The van der Waals surface area contributed by atoms with E-state index in [0.29, 0.717) is 316 Å². The molecule has 0 spiro atoms. The molecule has 0 atom stereocenters. The van der Waals surface area contributed by atoms with Crippen molar-refractivity contribution < 1.29 is 123 Å². The maximum atomic E-state index is 13.0. The van der Waals surface area contributed by atoms with Gasteiger partial charge in [-0.05, 0) is 38.4 Å². The fourth-order valence-corrected chi connectivity index (χ4v) is 8.93. The van der Waals surface area contributed by atoms with Gasteiger partial charge in [0.1, 0.15) is 6.61 Å². The second-order valence-corrected chi connectivity index (χ2v) is 21.1. The molecule has 0 bridgehead atoms. The third-order valence-corrected chi connectivity index (χ3v) is 13.8. The average molecular weight is 1400 g/mol. The predicted octanol–water partition coefficient (Wildman–Crippen LogP) is 5.04. The van der Waals surface area contributed by atoms with Gasteiger partial charge in [-0.15, -0.1) is 0 Å². The summed E-state index contributed by atoms with van der Waals surface area (Å²) in [6.07, 6.45) is 5.43. The summed E-state index contributed by atoms with van der Waals surface area (Å²) in [5, 5.41) is 6.55. The molecule has 0 saturated heterocycles. The van der Waals surface area contributed by atoms with Gasteiger partial charge in [-0.3, -0.25) is 0 Å². The van der Waals surface area contributed by atoms with Crippen LogP contribution in [0.5, 0.6) is 0 Å². The summed E-state index contributed by atoms with van der Waals surface area (Å²) >= 11 is 0. The third kappa shape index (κ3) is 44.8. The van der Waals surface area contributed by atoms with Gasteiger partial charge < -0.3 is 123 Å². The van der Waals surface area contributed by atoms with Crippen LogP contribution in [0.15, 0.2) is 73.3 Å². The van der Waals surface area contributed by atoms with Crippen molar-refractivity contribution >= 4 is 38.3 Å². The van der Waals surface area contributed by atoms with Crippen molar-refractivity contribution in [3.63, 3.8) is 0 Å². The standard InChI is InChI=1S/C70H112N2O26/c73-70(67-9-7-65-5-4-63-2-1-3-64-6-8-66(67)69(65)68(63)64)98-61-60-97-59-58-96-57-56-95-55-54-94-53-52-93-51-50-92-49-48-91-47-46-90-45-44-89-43-42-88-41-40-87-39-38-86-37-36-85-35-34-84-33-32-83-31-30-82-29-28-81-27-26-80-25-24-79-23-22-78-21-20-77-19-18-76-17-16-75-15-14-74-13-12-72-11-10-71-62-72/h1-11,62H,12-61H2. The van der Waals surface area contributed by atoms with Gasteiger partial charge in [0.05, 0.1) is 329 Å². The number of nitrogens with zero attached hydrogens (tertiary/aromatic N) is 2. The van der Waals surface area contributed by atoms with E-state index >= 15 is 0 Å². The minimum atomic E-state index is -0.361. The molecule has 0 radical (unpaired) electrons. The second-order valence-electron chi connectivity index (χ2n) is 21.1. The van der Waals surface area contributed by atoms with Crippen LogP contribution >= 0.6 is 0 Å². The van der Waals surface area contributed by atoms with E-state index in [4.69, 9.17) is 118 Å². The molecule has 0 unspecified atom stereocenters. The first-order chi connectivity index (χ1) is 48.8. The molecule has 0 N–H and O–H groups in total. The number of ether oxygens (including phenoxy) is 25. The first-order valence-electron chi connectivity index (χ1n) is 34.5. The zero-order chi connectivity index (χ0) is 68.4. The first-order valence-corrected chi connectivity index (χ1v) is 34.5. The average Bonchev–Trinajstić information content (AvgIpc) is 0.751. The molecule has 558 valence electrons. The quantitative estimate of drug-likeness (QED) is 0.0280. The van der Waals surface area contributed by atoms with Gasteiger partial charge in [-0.25, -0.2) is 9.78 Å². The van der Waals surface area contributed by atoms with Crippen molar-refractivity contribution in [1.82, 2.24) is 9.55 Å². The Kier molecular flexibility index (Phi) is 54.7. The fourth-order valence-electron chi connectivity index (χ4n) is 8.93. The van der Waals surface area contributed by atoms with E-state index in [9.17, 15) is 4.79 Å². The molecule has 0 fully saturated rings. The Balaban J connectivity index is 0.594. The zero-order valence-electron chi connectivity index (χ0n) is 57.8. The van der Waals surface area contributed by atoms with Crippen LogP contribution in [0, 0.1) is 0 Å². The topological polar surface area (TPSA) is 266 Å². The number of carbonyl (C=O) groups is 1. The Morgan fingerprint density at radius 3 is 0.735 bits per heavy atom. The Morgan fingerprint density at radius 2 is 0.480 bits per heavy atom. The molecule has 5 aromatic rings. The van der Waals surface area contributed by atoms with Gasteiger partial charge in [0.25, 0.3) is 0 Å². The van der Waals surface area contributed by atoms with Crippen molar-refractivity contribution in [2.75, 3.05) is 324 Å². The third-order valence-electron chi connectivity index (χ3n) is 13.8. The molecular formula is C70H112N2O26. The van der Waals surface area contributed by atoms with Crippen LogP contribution in [-0.2, 0) is 125 Å². The van der Waals surface area contributed by atoms with Gasteiger partial charge >= 0.3 is 5.97 Å². The molecule has 0 amide bonds. The molecule has 1 aromatic heterocycles. The lowest BCUT2D eigenvalue weighted by Gasteiger charge is -2.13. The Labute approximate surface area is 578 Å². The van der Waals surface area contributed by atoms with E-state index in [1.807, 2.05) is 35.0 Å². The van der Waals surface area contributed by atoms with Crippen LogP contribution in [0.3, 0.4) is 0 Å². The van der Waals surface area contributed by atoms with Gasteiger partial charge in [-0.2, -0.15) is 0 Å². The highest BCUT2D eigenvalue weighted by molar-refractivity contribution is 6.26. The van der Waals surface area contributed by atoms with Gasteiger partial charge in [-0.1, -0.05) is 48.5 Å². The first kappa shape index (κ1) is 84.3. The highest BCUT2D eigenvalue weighted by Gasteiger charge is 2.16. The van der Waals surface area contributed by atoms with Crippen LogP contribution in [-0.4, -0.2) is 339 Å². The normalized spacial score (nSPS) is 11.9. The molecule has 0 aliphatic heterocycles. The smallest absolute Gasteiger partial charge is 0.338 e. The van der Waals surface area contributed by atoms with Gasteiger partial charge in [0.15, 0.2) is 0 Å². The summed E-state index contributed by atoms with van der Waals surface area (Å²) in [5.41, 5.74) is 0.554. The molecular weight excluding hydrogens is 1280 g/mol. The molecule has 98 heavy (non-hydrogen) atoms. The van der Waals surface area contributed by atoms with Crippen molar-refractivity contribution in [2.24, 2.45) is 0 Å². The van der Waals surface area contributed by atoms with Crippen LogP contribution < -0.4 is 0 Å². The van der Waals surface area contributed by atoms with Crippen molar-refractivity contribution in [3.05, 3.63) is 78.9 Å². The summed E-state index contributed by atoms with van der Waals surface area (Å²) in [6.45, 7) is 24.0. The van der Waals surface area contributed by atoms with E-state index in [-0.39, 0.29) is 19.2 Å². The van der Waals surface area contributed by atoms with Crippen molar-refractivity contribution in [3.8, 4) is 0 Å². The van der Waals surface area contributed by atoms with Crippen molar-refractivity contribution in [1.29, 1.82) is 0 Å². The number of benzene rings is 4. The number of hydrogen-bond acceptors (Lipinski definition) is 27. The second kappa shape index (κ2) is 63.6. The Bertz CT molecular complexity index is 2510. The monoisotopic (exact) mass is 1400 g/mol. The molecule has 5 rings (SSSR count). The summed E-state index contributed by atoms with van der Waals surface area (Å²) in [5.74, 6) is -0.361. The van der Waals surface area contributed by atoms with E-state index in [0.717, 1.165) is 33.5 Å². The van der Waals surface area contributed by atoms with Crippen molar-refractivity contribution in [2.45, 2.75) is 6.54 Å². The molecule has 0 aliphatic rings. The molecule has 28 nitrogen and oxygen atoms in total. The molecule has 0 aliphatic carbocycles. The molecule has 0 saturated carbocycles. The molecule has 4 aromatic carbocycles. The van der Waals surface area contributed by atoms with E-state index < -0.39 is 0 Å². The number of aromatic nitrogens is 2. The lowest BCUT2D eigenvalue weighted by molar-refractivity contribution is -0.0320.